The van der Waals surface area contributed by atoms with Gasteiger partial charge in [0.05, 0.1) is 6.61 Å². The van der Waals surface area contributed by atoms with E-state index in [9.17, 15) is 14.8 Å². The van der Waals surface area contributed by atoms with E-state index in [2.05, 4.69) is 20.3 Å². The van der Waals surface area contributed by atoms with Gasteiger partial charge in [-0.1, -0.05) is 28.9 Å². The minimum atomic E-state index is -4.40. The summed E-state index contributed by atoms with van der Waals surface area (Å²) in [5, 5.41) is 29.5. The van der Waals surface area contributed by atoms with E-state index in [1.54, 1.807) is 18.0 Å². The lowest BCUT2D eigenvalue weighted by molar-refractivity contribution is -0.0665. The number of ether oxygens (including phenoxy) is 2. The first-order valence-corrected chi connectivity index (χ1v) is 12.5. The second-order valence-corrected chi connectivity index (χ2v) is 10.1. The third-order valence-electron chi connectivity index (χ3n) is 5.07. The van der Waals surface area contributed by atoms with Gasteiger partial charge in [-0.25, -0.2) is 0 Å². The summed E-state index contributed by atoms with van der Waals surface area (Å²) in [7, 11) is -2.62. The molecule has 2 aromatic heterocycles. The van der Waals surface area contributed by atoms with Crippen LogP contribution < -0.4 is 4.90 Å². The van der Waals surface area contributed by atoms with Gasteiger partial charge in [0.25, 0.3) is 0 Å². The minimum absolute atomic E-state index is 0.0986. The highest BCUT2D eigenvalue weighted by Gasteiger charge is 2.45. The Bertz CT molecular complexity index is 1230. The van der Waals surface area contributed by atoms with Crippen molar-refractivity contribution < 1.29 is 34.0 Å². The summed E-state index contributed by atoms with van der Waals surface area (Å²) in [5.74, 6) is 0.371. The van der Waals surface area contributed by atoms with Crippen molar-refractivity contribution in [3.05, 3.63) is 40.1 Å². The average Bonchev–Trinajstić information content (AvgIpc) is 3.28. The highest BCUT2D eigenvalue weighted by molar-refractivity contribution is 7.51. The first-order valence-electron chi connectivity index (χ1n) is 9.91. The fraction of sp³-hybridized carbons (Fsp3) is 0.444. The number of benzene rings is 1. The molecule has 0 spiro atoms. The lowest BCUT2D eigenvalue weighted by Crippen LogP contribution is -2.34. The molecule has 1 fully saturated rings. The number of hydrogen-bond donors (Lipinski definition) is 4. The molecule has 0 unspecified atom stereocenters. The van der Waals surface area contributed by atoms with E-state index in [1.165, 1.54) is 0 Å². The van der Waals surface area contributed by atoms with Crippen molar-refractivity contribution in [2.24, 2.45) is 0 Å². The second-order valence-electron chi connectivity index (χ2n) is 7.72. The molecule has 1 aromatic carbocycles. The van der Waals surface area contributed by atoms with Crippen LogP contribution in [0.2, 0.25) is 10.3 Å². The number of anilines is 1. The van der Waals surface area contributed by atoms with Crippen molar-refractivity contribution in [3.8, 4) is 0 Å². The van der Waals surface area contributed by atoms with Crippen molar-refractivity contribution in [2.45, 2.75) is 31.1 Å². The first-order chi connectivity index (χ1) is 16.0. The largest absolute Gasteiger partial charge is 0.387 e. The summed E-state index contributed by atoms with van der Waals surface area (Å²) >= 11 is 12.2. The summed E-state index contributed by atoms with van der Waals surface area (Å²) in [5.41, 5.74) is 1.35. The van der Waals surface area contributed by atoms with Crippen LogP contribution in [-0.4, -0.2) is 83.3 Å². The highest BCUT2D eigenvalue weighted by Crippen LogP contribution is 2.36. The molecule has 1 saturated heterocycles. The maximum atomic E-state index is 11.0. The molecule has 1 aliphatic heterocycles. The monoisotopic (exact) mass is 534 g/mol. The molecular weight excluding hydrogens is 514 g/mol. The van der Waals surface area contributed by atoms with Gasteiger partial charge in [0.15, 0.2) is 23.2 Å². The molecular formula is C18H21Cl2N6O7P. The first kappa shape index (κ1) is 25.2. The van der Waals surface area contributed by atoms with E-state index in [1.807, 2.05) is 18.2 Å². The van der Waals surface area contributed by atoms with Crippen LogP contribution in [0.4, 0.5) is 5.82 Å². The molecule has 0 bridgehead atoms. The zero-order valence-corrected chi connectivity index (χ0v) is 20.0. The molecule has 0 amide bonds. The van der Waals surface area contributed by atoms with Gasteiger partial charge in [0, 0.05) is 18.6 Å². The predicted molar refractivity (Wildman–Crippen MR) is 120 cm³/mol. The Kier molecular flexibility index (Phi) is 7.38. The molecule has 1 aliphatic rings. The third kappa shape index (κ3) is 5.48. The Morgan fingerprint density at radius 1 is 1.24 bits per heavy atom. The lowest BCUT2D eigenvalue weighted by atomic mass is 10.1. The smallest absolute Gasteiger partial charge is 0.350 e. The van der Waals surface area contributed by atoms with Crippen molar-refractivity contribution in [2.75, 3.05) is 24.9 Å². The molecule has 13 nitrogen and oxygen atoms in total. The number of nitrogens with zero attached hydrogens (tertiary/aromatic N) is 6. The number of halogens is 2. The van der Waals surface area contributed by atoms with Gasteiger partial charge in [-0.3, -0.25) is 4.57 Å². The molecule has 0 radical (unpaired) electrons. The summed E-state index contributed by atoms with van der Waals surface area (Å²) < 4.78 is 22.7. The van der Waals surface area contributed by atoms with Crippen LogP contribution in [0.25, 0.3) is 11.2 Å². The second kappa shape index (κ2) is 9.97. The Morgan fingerprint density at radius 3 is 2.71 bits per heavy atom. The molecule has 16 heteroatoms. The van der Waals surface area contributed by atoms with Crippen LogP contribution in [-0.2, 0) is 20.6 Å². The Morgan fingerprint density at radius 2 is 2.00 bits per heavy atom. The summed E-state index contributed by atoms with van der Waals surface area (Å²) in [6.45, 7) is 0.0615. The number of hydrogen-bond acceptors (Lipinski definition) is 10. The van der Waals surface area contributed by atoms with Crippen molar-refractivity contribution in [3.63, 3.8) is 0 Å². The van der Waals surface area contributed by atoms with Gasteiger partial charge < -0.3 is 34.4 Å². The molecule has 4 rings (SSSR count). The molecule has 184 valence electrons. The van der Waals surface area contributed by atoms with Gasteiger partial charge in [-0.15, -0.1) is 5.10 Å². The Hall–Kier alpha value is -1.93. The predicted octanol–water partition coefficient (Wildman–Crippen LogP) is 0.935. The average molecular weight is 535 g/mol. The van der Waals surface area contributed by atoms with Crippen LogP contribution in [0.5, 0.6) is 0 Å². The summed E-state index contributed by atoms with van der Waals surface area (Å²) in [6.07, 6.45) is -6.00. The van der Waals surface area contributed by atoms with E-state index in [4.69, 9.17) is 42.5 Å². The van der Waals surface area contributed by atoms with Crippen LogP contribution in [0.1, 0.15) is 11.8 Å². The van der Waals surface area contributed by atoms with Gasteiger partial charge in [0.1, 0.15) is 24.7 Å². The van der Waals surface area contributed by atoms with E-state index in [-0.39, 0.29) is 23.1 Å². The highest BCUT2D eigenvalue weighted by atomic mass is 35.5. The van der Waals surface area contributed by atoms with Gasteiger partial charge in [-0.05, 0) is 29.3 Å². The summed E-state index contributed by atoms with van der Waals surface area (Å²) in [6, 6.07) is 7.31. The SMILES string of the molecule is CN(Cc1cccc(Cl)c1)c1nc(Cl)nc2c1nnn2[C@@H]1O[C@H](COCP(=O)(O)O)[C@@H](O)[C@H]1O. The standard InChI is InChI=1S/C18H21Cl2N6O7P/c1-25(6-9-3-2-4-10(19)5-9)15-12-16(22-18(20)21-15)26(24-23-12)17-14(28)13(27)11(33-17)7-32-8-34(29,30)31/h2-5,11,13-14,17,27-28H,6-8H2,1H3,(H2,29,30,31)/t11-,13-,14-,17-/m1/s1. The van der Waals surface area contributed by atoms with Crippen molar-refractivity contribution >= 4 is 47.8 Å². The van der Waals surface area contributed by atoms with Crippen LogP contribution in [0.3, 0.4) is 0 Å². The van der Waals surface area contributed by atoms with E-state index in [0.717, 1.165) is 10.2 Å². The van der Waals surface area contributed by atoms with E-state index >= 15 is 0 Å². The summed E-state index contributed by atoms with van der Waals surface area (Å²) in [4.78, 5) is 28.0. The molecule has 0 saturated carbocycles. The number of fused-ring (bicyclic) bond motifs is 1. The number of rotatable bonds is 8. The number of aliphatic hydroxyl groups is 2. The molecule has 3 heterocycles. The molecule has 4 atom stereocenters. The maximum absolute atomic E-state index is 11.0. The zero-order valence-electron chi connectivity index (χ0n) is 17.6. The zero-order chi connectivity index (χ0) is 24.6. The Balaban J connectivity index is 1.58. The van der Waals surface area contributed by atoms with Gasteiger partial charge in [-0.2, -0.15) is 14.6 Å². The van der Waals surface area contributed by atoms with Crippen LogP contribution >= 0.6 is 30.8 Å². The van der Waals surface area contributed by atoms with Crippen LogP contribution in [0, 0.1) is 0 Å². The van der Waals surface area contributed by atoms with Crippen molar-refractivity contribution in [1.82, 2.24) is 25.0 Å². The molecule has 3 aromatic rings. The number of aromatic nitrogens is 5. The molecule has 34 heavy (non-hydrogen) atoms. The molecule has 4 N–H and O–H groups in total. The topological polar surface area (TPSA) is 176 Å². The fourth-order valence-corrected chi connectivity index (χ4v) is 4.28. The van der Waals surface area contributed by atoms with Crippen LogP contribution in [0.15, 0.2) is 24.3 Å². The minimum Gasteiger partial charge on any atom is -0.387 e. The maximum Gasteiger partial charge on any atom is 0.350 e. The van der Waals surface area contributed by atoms with Gasteiger partial charge in [0.2, 0.25) is 5.28 Å². The normalized spacial score (nSPS) is 23.0. The van der Waals surface area contributed by atoms with E-state index < -0.39 is 38.5 Å². The quantitative estimate of drug-likeness (QED) is 0.238. The van der Waals surface area contributed by atoms with Crippen molar-refractivity contribution in [1.29, 1.82) is 0 Å². The number of aliphatic hydroxyl groups excluding tert-OH is 2. The Labute approximate surface area is 203 Å². The fourth-order valence-electron chi connectivity index (χ4n) is 3.57. The third-order valence-corrected chi connectivity index (χ3v) is 5.99. The van der Waals surface area contributed by atoms with E-state index in [0.29, 0.717) is 17.4 Å². The van der Waals surface area contributed by atoms with Gasteiger partial charge >= 0.3 is 7.60 Å². The lowest BCUT2D eigenvalue weighted by Gasteiger charge is -2.19. The molecule has 0 aliphatic carbocycles.